The fraction of sp³-hybridized carbons (Fsp3) is 0.571. The molecule has 1 aliphatic rings. The van der Waals surface area contributed by atoms with Gasteiger partial charge in [0.25, 0.3) is 5.69 Å². The van der Waals surface area contributed by atoms with Crippen LogP contribution in [0.3, 0.4) is 0 Å². The minimum Gasteiger partial charge on any atom is -0.388 e. The second kappa shape index (κ2) is 6.30. The number of hydrogen-bond acceptors (Lipinski definition) is 5. The SMILES string of the molecule is CC(NCC1(O)CCOCC1)c1ccc([N+](=O)[O-])cc1. The molecule has 0 bridgehead atoms. The molecule has 2 N–H and O–H groups in total. The van der Waals surface area contributed by atoms with E-state index in [2.05, 4.69) is 5.32 Å². The molecule has 6 nitrogen and oxygen atoms in total. The highest BCUT2D eigenvalue weighted by Gasteiger charge is 2.29. The van der Waals surface area contributed by atoms with Crippen LogP contribution >= 0.6 is 0 Å². The van der Waals surface area contributed by atoms with Crippen LogP contribution in [-0.2, 0) is 4.74 Å². The van der Waals surface area contributed by atoms with Gasteiger partial charge in [0.05, 0.1) is 10.5 Å². The molecule has 0 radical (unpaired) electrons. The zero-order valence-corrected chi connectivity index (χ0v) is 11.5. The average Bonchev–Trinajstić information content (AvgIpc) is 2.46. The number of aliphatic hydroxyl groups is 1. The number of nitro groups is 1. The molecule has 1 aliphatic heterocycles. The normalized spacial score (nSPS) is 19.5. The molecular formula is C14H20N2O4. The Morgan fingerprint density at radius 1 is 1.40 bits per heavy atom. The molecule has 1 fully saturated rings. The summed E-state index contributed by atoms with van der Waals surface area (Å²) in [6.07, 6.45) is 1.26. The van der Waals surface area contributed by atoms with Gasteiger partial charge < -0.3 is 15.2 Å². The lowest BCUT2D eigenvalue weighted by molar-refractivity contribution is -0.384. The van der Waals surface area contributed by atoms with Gasteiger partial charge in [-0.15, -0.1) is 0 Å². The third-order valence-electron chi connectivity index (χ3n) is 3.76. The van der Waals surface area contributed by atoms with Crippen LogP contribution in [0, 0.1) is 10.1 Å². The number of benzene rings is 1. The Labute approximate surface area is 117 Å². The molecule has 0 saturated carbocycles. The molecule has 0 aliphatic carbocycles. The quantitative estimate of drug-likeness (QED) is 0.634. The summed E-state index contributed by atoms with van der Waals surface area (Å²) in [5.41, 5.74) is 0.336. The topological polar surface area (TPSA) is 84.6 Å². The summed E-state index contributed by atoms with van der Waals surface area (Å²) >= 11 is 0. The molecule has 110 valence electrons. The Bertz CT molecular complexity index is 455. The maximum absolute atomic E-state index is 10.6. The van der Waals surface area contributed by atoms with Gasteiger partial charge in [0.15, 0.2) is 0 Å². The fourth-order valence-corrected chi connectivity index (χ4v) is 2.27. The van der Waals surface area contributed by atoms with Crippen molar-refractivity contribution in [3.63, 3.8) is 0 Å². The highest BCUT2D eigenvalue weighted by molar-refractivity contribution is 5.34. The molecule has 1 atom stereocenters. The fourth-order valence-electron chi connectivity index (χ4n) is 2.27. The van der Waals surface area contributed by atoms with Crippen molar-refractivity contribution in [2.24, 2.45) is 0 Å². The van der Waals surface area contributed by atoms with Gasteiger partial charge in [0, 0.05) is 50.8 Å². The largest absolute Gasteiger partial charge is 0.388 e. The molecule has 0 spiro atoms. The molecule has 1 heterocycles. The van der Waals surface area contributed by atoms with Crippen LogP contribution in [-0.4, -0.2) is 35.4 Å². The van der Waals surface area contributed by atoms with Crippen molar-refractivity contribution >= 4 is 5.69 Å². The number of ether oxygens (including phenoxy) is 1. The highest BCUT2D eigenvalue weighted by Crippen LogP contribution is 2.22. The Hall–Kier alpha value is -1.50. The van der Waals surface area contributed by atoms with Crippen molar-refractivity contribution in [2.45, 2.75) is 31.4 Å². The van der Waals surface area contributed by atoms with Gasteiger partial charge in [0.2, 0.25) is 0 Å². The third kappa shape index (κ3) is 3.75. The molecule has 6 heteroatoms. The van der Waals surface area contributed by atoms with E-state index in [4.69, 9.17) is 4.74 Å². The summed E-state index contributed by atoms with van der Waals surface area (Å²) < 4.78 is 5.24. The predicted molar refractivity (Wildman–Crippen MR) is 74.5 cm³/mol. The second-order valence-electron chi connectivity index (χ2n) is 5.29. The van der Waals surface area contributed by atoms with Crippen LogP contribution in [0.25, 0.3) is 0 Å². The van der Waals surface area contributed by atoms with E-state index in [1.807, 2.05) is 6.92 Å². The molecular weight excluding hydrogens is 260 g/mol. The molecule has 1 aromatic rings. The van der Waals surface area contributed by atoms with Crippen LogP contribution in [0.4, 0.5) is 5.69 Å². The predicted octanol–water partition coefficient (Wildman–Crippen LogP) is 1.79. The Morgan fingerprint density at radius 3 is 2.55 bits per heavy atom. The van der Waals surface area contributed by atoms with E-state index in [-0.39, 0.29) is 11.7 Å². The molecule has 2 rings (SSSR count). The Balaban J connectivity index is 1.90. The van der Waals surface area contributed by atoms with Gasteiger partial charge in [-0.05, 0) is 12.5 Å². The maximum Gasteiger partial charge on any atom is 0.269 e. The first-order valence-electron chi connectivity index (χ1n) is 6.78. The summed E-state index contributed by atoms with van der Waals surface area (Å²) in [5.74, 6) is 0. The zero-order valence-electron chi connectivity index (χ0n) is 11.5. The minimum atomic E-state index is -0.715. The lowest BCUT2D eigenvalue weighted by Crippen LogP contribution is -2.45. The zero-order chi connectivity index (χ0) is 14.6. The maximum atomic E-state index is 10.6. The van der Waals surface area contributed by atoms with E-state index in [1.165, 1.54) is 12.1 Å². The van der Waals surface area contributed by atoms with Crippen molar-refractivity contribution in [3.8, 4) is 0 Å². The summed E-state index contributed by atoms with van der Waals surface area (Å²) in [4.78, 5) is 10.2. The first-order valence-corrected chi connectivity index (χ1v) is 6.78. The highest BCUT2D eigenvalue weighted by atomic mass is 16.6. The van der Waals surface area contributed by atoms with Gasteiger partial charge in [-0.3, -0.25) is 10.1 Å². The summed E-state index contributed by atoms with van der Waals surface area (Å²) in [5, 5.41) is 24.2. The first-order chi connectivity index (χ1) is 9.50. The van der Waals surface area contributed by atoms with Crippen LogP contribution < -0.4 is 5.32 Å². The molecule has 0 aromatic heterocycles. The Kier molecular flexibility index (Phi) is 4.69. The number of nitrogens with zero attached hydrogens (tertiary/aromatic N) is 1. The lowest BCUT2D eigenvalue weighted by Gasteiger charge is -2.33. The van der Waals surface area contributed by atoms with Crippen LogP contribution in [0.2, 0.25) is 0 Å². The summed E-state index contributed by atoms with van der Waals surface area (Å²) in [6, 6.07) is 6.50. The van der Waals surface area contributed by atoms with Gasteiger partial charge >= 0.3 is 0 Å². The number of nitro benzene ring substituents is 1. The monoisotopic (exact) mass is 280 g/mol. The number of hydrogen-bond donors (Lipinski definition) is 2. The van der Waals surface area contributed by atoms with E-state index in [9.17, 15) is 15.2 Å². The van der Waals surface area contributed by atoms with Gasteiger partial charge in [-0.25, -0.2) is 0 Å². The summed E-state index contributed by atoms with van der Waals surface area (Å²) in [7, 11) is 0. The van der Waals surface area contributed by atoms with Crippen LogP contribution in [0.5, 0.6) is 0 Å². The van der Waals surface area contributed by atoms with E-state index in [0.717, 1.165) is 5.56 Å². The number of rotatable bonds is 5. The number of nitrogens with one attached hydrogen (secondary N) is 1. The van der Waals surface area contributed by atoms with Crippen molar-refractivity contribution in [1.82, 2.24) is 5.32 Å². The second-order valence-corrected chi connectivity index (χ2v) is 5.29. The van der Waals surface area contributed by atoms with E-state index >= 15 is 0 Å². The third-order valence-corrected chi connectivity index (χ3v) is 3.76. The lowest BCUT2D eigenvalue weighted by atomic mass is 9.94. The molecule has 1 saturated heterocycles. The average molecular weight is 280 g/mol. The van der Waals surface area contributed by atoms with Crippen molar-refractivity contribution in [1.29, 1.82) is 0 Å². The van der Waals surface area contributed by atoms with Crippen molar-refractivity contribution in [2.75, 3.05) is 19.8 Å². The van der Waals surface area contributed by atoms with Crippen LogP contribution in [0.15, 0.2) is 24.3 Å². The molecule has 20 heavy (non-hydrogen) atoms. The van der Waals surface area contributed by atoms with Crippen LogP contribution in [0.1, 0.15) is 31.4 Å². The van der Waals surface area contributed by atoms with Gasteiger partial charge in [-0.2, -0.15) is 0 Å². The number of non-ortho nitro benzene ring substituents is 1. The summed E-state index contributed by atoms with van der Waals surface area (Å²) in [6.45, 7) is 3.65. The smallest absolute Gasteiger partial charge is 0.269 e. The van der Waals surface area contributed by atoms with E-state index < -0.39 is 10.5 Å². The van der Waals surface area contributed by atoms with E-state index in [1.54, 1.807) is 12.1 Å². The Morgan fingerprint density at radius 2 is 2.00 bits per heavy atom. The minimum absolute atomic E-state index is 0.0303. The van der Waals surface area contributed by atoms with Gasteiger partial charge in [-0.1, -0.05) is 12.1 Å². The van der Waals surface area contributed by atoms with Crippen molar-refractivity contribution in [3.05, 3.63) is 39.9 Å². The first kappa shape index (κ1) is 14.9. The molecule has 0 amide bonds. The van der Waals surface area contributed by atoms with E-state index in [0.29, 0.717) is 32.6 Å². The molecule has 1 unspecified atom stereocenters. The van der Waals surface area contributed by atoms with Crippen molar-refractivity contribution < 1.29 is 14.8 Å². The van der Waals surface area contributed by atoms with Gasteiger partial charge in [0.1, 0.15) is 0 Å². The standard InChI is InChI=1S/C14H20N2O4/c1-11(12-2-4-13(5-3-12)16(18)19)15-10-14(17)6-8-20-9-7-14/h2-5,11,15,17H,6-10H2,1H3. The molecule has 1 aromatic carbocycles.